The number of carbonyl (C=O) groups is 1. The third kappa shape index (κ3) is 3.80. The van der Waals surface area contributed by atoms with E-state index in [9.17, 15) is 13.6 Å². The normalized spacial score (nSPS) is 13.1. The Balaban J connectivity index is 2.97. The first-order valence-corrected chi connectivity index (χ1v) is 6.21. The van der Waals surface area contributed by atoms with E-state index in [-0.39, 0.29) is 5.84 Å². The van der Waals surface area contributed by atoms with Gasteiger partial charge in [0.2, 0.25) is 0 Å². The number of nitrogens with zero attached hydrogens (tertiary/aromatic N) is 1. The number of benzene rings is 1. The summed E-state index contributed by atoms with van der Waals surface area (Å²) in [5, 5.41) is 13.4. The second-order valence-electron chi connectivity index (χ2n) is 4.09. The molecule has 0 aromatic heterocycles. The molecule has 0 spiro atoms. The van der Waals surface area contributed by atoms with E-state index in [0.29, 0.717) is 25.0 Å². The van der Waals surface area contributed by atoms with E-state index in [1.807, 2.05) is 6.92 Å². The molecule has 0 aliphatic rings. The molecule has 1 aromatic rings. The molecule has 8 heteroatoms. The summed E-state index contributed by atoms with van der Waals surface area (Å²) in [5.41, 5.74) is 4.92. The minimum atomic E-state index is -0.955. The highest BCUT2D eigenvalue weighted by molar-refractivity contribution is 6.30. The predicted octanol–water partition coefficient (Wildman–Crippen LogP) is 2.26. The van der Waals surface area contributed by atoms with Gasteiger partial charge in [0, 0.05) is 0 Å². The Hall–Kier alpha value is -1.89. The standard InChI is InChI=1S/C12H14ClF2N3O2/c1-2-3-10(11(16)18-20)17-12(19)6-4-9(15)7(13)5-8(6)14/h4-5,10,20H,2-3H2,1H3,(H2,16,18)(H,17,19). The van der Waals surface area contributed by atoms with Crippen LogP contribution >= 0.6 is 11.6 Å². The van der Waals surface area contributed by atoms with E-state index in [2.05, 4.69) is 10.5 Å². The maximum Gasteiger partial charge on any atom is 0.254 e. The van der Waals surface area contributed by atoms with E-state index >= 15 is 0 Å². The average Bonchev–Trinajstić information content (AvgIpc) is 2.41. The molecule has 1 unspecified atom stereocenters. The number of oxime groups is 1. The molecule has 0 saturated heterocycles. The molecule has 1 amide bonds. The van der Waals surface area contributed by atoms with Crippen molar-refractivity contribution >= 4 is 23.3 Å². The number of nitrogens with one attached hydrogen (secondary N) is 1. The van der Waals surface area contributed by atoms with Crippen molar-refractivity contribution in [3.8, 4) is 0 Å². The number of nitrogens with two attached hydrogens (primary N) is 1. The molecule has 0 heterocycles. The molecular weight excluding hydrogens is 292 g/mol. The van der Waals surface area contributed by atoms with Crippen LogP contribution in [0.3, 0.4) is 0 Å². The SMILES string of the molecule is CCCC(NC(=O)c1cc(F)c(Cl)cc1F)/C(N)=N/O. The van der Waals surface area contributed by atoms with Crippen molar-refractivity contribution in [3.05, 3.63) is 34.4 Å². The first kappa shape index (κ1) is 16.2. The molecule has 1 aromatic carbocycles. The predicted molar refractivity (Wildman–Crippen MR) is 70.9 cm³/mol. The smallest absolute Gasteiger partial charge is 0.254 e. The third-order valence-corrected chi connectivity index (χ3v) is 2.90. The van der Waals surface area contributed by atoms with Crippen molar-refractivity contribution in [1.82, 2.24) is 5.32 Å². The van der Waals surface area contributed by atoms with Gasteiger partial charge in [-0.1, -0.05) is 30.1 Å². The summed E-state index contributed by atoms with van der Waals surface area (Å²) in [6, 6.07) is 0.641. The van der Waals surface area contributed by atoms with Crippen LogP contribution in [0.25, 0.3) is 0 Å². The summed E-state index contributed by atoms with van der Waals surface area (Å²) in [6.45, 7) is 1.83. The molecule has 0 saturated carbocycles. The second kappa shape index (κ2) is 7.04. The van der Waals surface area contributed by atoms with Crippen LogP contribution in [-0.4, -0.2) is 23.0 Å². The van der Waals surface area contributed by atoms with Crippen LogP contribution in [0.1, 0.15) is 30.1 Å². The molecule has 0 fully saturated rings. The summed E-state index contributed by atoms with van der Waals surface area (Å²) < 4.78 is 26.8. The maximum absolute atomic E-state index is 13.6. The van der Waals surface area contributed by atoms with Gasteiger partial charge in [0.1, 0.15) is 11.6 Å². The molecule has 0 bridgehead atoms. The molecule has 0 aliphatic carbocycles. The minimum Gasteiger partial charge on any atom is -0.409 e. The number of amides is 1. The topological polar surface area (TPSA) is 87.7 Å². The highest BCUT2D eigenvalue weighted by atomic mass is 35.5. The fourth-order valence-electron chi connectivity index (χ4n) is 1.58. The summed E-state index contributed by atoms with van der Waals surface area (Å²) >= 11 is 5.40. The lowest BCUT2D eigenvalue weighted by atomic mass is 10.1. The zero-order valence-corrected chi connectivity index (χ0v) is 11.4. The Labute approximate surface area is 119 Å². The van der Waals surface area contributed by atoms with Crippen molar-refractivity contribution in [3.63, 3.8) is 0 Å². The van der Waals surface area contributed by atoms with Crippen LogP contribution < -0.4 is 11.1 Å². The molecule has 1 rings (SSSR count). The fraction of sp³-hybridized carbons (Fsp3) is 0.333. The Morgan fingerprint density at radius 3 is 2.70 bits per heavy atom. The number of rotatable bonds is 5. The van der Waals surface area contributed by atoms with Crippen molar-refractivity contribution < 1.29 is 18.8 Å². The van der Waals surface area contributed by atoms with Gasteiger partial charge in [-0.3, -0.25) is 4.79 Å². The van der Waals surface area contributed by atoms with E-state index in [4.69, 9.17) is 22.5 Å². The van der Waals surface area contributed by atoms with Gasteiger partial charge < -0.3 is 16.3 Å². The summed E-state index contributed by atoms with van der Waals surface area (Å²) in [4.78, 5) is 11.9. The number of halogens is 3. The average molecular weight is 306 g/mol. The number of carbonyl (C=O) groups excluding carboxylic acids is 1. The van der Waals surface area contributed by atoms with Gasteiger partial charge in [-0.2, -0.15) is 0 Å². The van der Waals surface area contributed by atoms with Gasteiger partial charge >= 0.3 is 0 Å². The van der Waals surface area contributed by atoms with Gasteiger partial charge in [-0.05, 0) is 18.6 Å². The van der Waals surface area contributed by atoms with Gasteiger partial charge in [0.15, 0.2) is 5.84 Å². The molecule has 0 radical (unpaired) electrons. The Bertz CT molecular complexity index is 538. The van der Waals surface area contributed by atoms with Gasteiger partial charge in [-0.15, -0.1) is 0 Å². The van der Waals surface area contributed by atoms with E-state index in [1.165, 1.54) is 0 Å². The zero-order chi connectivity index (χ0) is 15.3. The summed E-state index contributed by atoms with van der Waals surface area (Å²) in [6.07, 6.45) is 1.03. The lowest BCUT2D eigenvalue weighted by Crippen LogP contribution is -2.44. The molecule has 0 aliphatic heterocycles. The summed E-state index contributed by atoms with van der Waals surface area (Å²) in [7, 11) is 0. The van der Waals surface area contributed by atoms with Crippen molar-refractivity contribution in [2.45, 2.75) is 25.8 Å². The van der Waals surface area contributed by atoms with Crippen LogP contribution in [0.15, 0.2) is 17.3 Å². The molecule has 4 N–H and O–H groups in total. The van der Waals surface area contributed by atoms with Gasteiger partial charge in [-0.25, -0.2) is 8.78 Å². The Morgan fingerprint density at radius 1 is 1.50 bits per heavy atom. The first-order chi connectivity index (χ1) is 9.40. The quantitative estimate of drug-likeness (QED) is 0.256. The van der Waals surface area contributed by atoms with E-state index < -0.39 is 34.2 Å². The van der Waals surface area contributed by atoms with Crippen LogP contribution in [-0.2, 0) is 0 Å². The number of amidine groups is 1. The molecule has 110 valence electrons. The lowest BCUT2D eigenvalue weighted by Gasteiger charge is -2.16. The van der Waals surface area contributed by atoms with Crippen LogP contribution in [0.2, 0.25) is 5.02 Å². The van der Waals surface area contributed by atoms with Crippen molar-refractivity contribution in [2.24, 2.45) is 10.9 Å². The lowest BCUT2D eigenvalue weighted by molar-refractivity contribution is 0.0940. The van der Waals surface area contributed by atoms with Crippen molar-refractivity contribution in [1.29, 1.82) is 0 Å². The molecule has 20 heavy (non-hydrogen) atoms. The number of hydrogen-bond donors (Lipinski definition) is 3. The minimum absolute atomic E-state index is 0.213. The van der Waals surface area contributed by atoms with E-state index in [1.54, 1.807) is 0 Å². The first-order valence-electron chi connectivity index (χ1n) is 5.83. The van der Waals surface area contributed by atoms with Crippen molar-refractivity contribution in [2.75, 3.05) is 0 Å². The van der Waals surface area contributed by atoms with Crippen LogP contribution in [0.5, 0.6) is 0 Å². The van der Waals surface area contributed by atoms with Gasteiger partial charge in [0.05, 0.1) is 16.6 Å². The molecule has 1 atom stereocenters. The van der Waals surface area contributed by atoms with Crippen LogP contribution in [0.4, 0.5) is 8.78 Å². The fourth-order valence-corrected chi connectivity index (χ4v) is 1.74. The van der Waals surface area contributed by atoms with Crippen LogP contribution in [0, 0.1) is 11.6 Å². The van der Waals surface area contributed by atoms with E-state index in [0.717, 1.165) is 0 Å². The molecular formula is C12H14ClF2N3O2. The highest BCUT2D eigenvalue weighted by Gasteiger charge is 2.20. The third-order valence-electron chi connectivity index (χ3n) is 2.61. The largest absolute Gasteiger partial charge is 0.409 e. The Morgan fingerprint density at radius 2 is 2.15 bits per heavy atom. The maximum atomic E-state index is 13.6. The highest BCUT2D eigenvalue weighted by Crippen LogP contribution is 2.19. The summed E-state index contributed by atoms with van der Waals surface area (Å²) in [5.74, 6) is -2.95. The van der Waals surface area contributed by atoms with Gasteiger partial charge in [0.25, 0.3) is 5.91 Å². The monoisotopic (exact) mass is 305 g/mol. The molecule has 5 nitrogen and oxygen atoms in total. The second-order valence-corrected chi connectivity index (χ2v) is 4.49. The zero-order valence-electron chi connectivity index (χ0n) is 10.7. The Kier molecular flexibility index (Phi) is 5.69. The number of hydrogen-bond acceptors (Lipinski definition) is 3.